The summed E-state index contributed by atoms with van der Waals surface area (Å²) in [6, 6.07) is 15.4. The molecule has 0 aliphatic carbocycles. The van der Waals surface area contributed by atoms with Gasteiger partial charge in [-0.15, -0.1) is 0 Å². The van der Waals surface area contributed by atoms with Crippen molar-refractivity contribution in [3.05, 3.63) is 76.3 Å². The number of rotatable bonds is 3. The molecule has 0 bridgehead atoms. The van der Waals surface area contributed by atoms with Gasteiger partial charge in [0.15, 0.2) is 0 Å². The predicted molar refractivity (Wildman–Crippen MR) is 93.0 cm³/mol. The van der Waals surface area contributed by atoms with E-state index in [1.807, 2.05) is 25.1 Å². The summed E-state index contributed by atoms with van der Waals surface area (Å²) in [5, 5.41) is 1.65. The fourth-order valence-electron chi connectivity index (χ4n) is 2.81. The molecule has 5 heteroatoms. The smallest absolute Gasteiger partial charge is 0.379 e. The van der Waals surface area contributed by atoms with Crippen LogP contribution in [-0.4, -0.2) is 5.97 Å². The lowest BCUT2D eigenvalue weighted by Crippen LogP contribution is -2.07. The minimum absolute atomic E-state index is 0.116. The van der Waals surface area contributed by atoms with Crippen LogP contribution in [-0.2, 0) is 6.42 Å². The Hall–Kier alpha value is -3.34. The Morgan fingerprint density at radius 2 is 1.84 bits per heavy atom. The summed E-state index contributed by atoms with van der Waals surface area (Å²) in [4.78, 5) is 23.9. The van der Waals surface area contributed by atoms with Crippen molar-refractivity contribution in [3.63, 3.8) is 0 Å². The quantitative estimate of drug-likeness (QED) is 0.317. The molecule has 0 aliphatic heterocycles. The SMILES string of the molecule is CCc1cc(=O)oc2cc(OC(=O)c3cc4ccccc4o3)ccc12. The highest BCUT2D eigenvalue weighted by Crippen LogP contribution is 2.25. The summed E-state index contributed by atoms with van der Waals surface area (Å²) in [5.41, 5.74) is 1.47. The molecule has 124 valence electrons. The van der Waals surface area contributed by atoms with Gasteiger partial charge in [-0.1, -0.05) is 25.1 Å². The molecule has 2 aromatic carbocycles. The number of benzene rings is 2. The highest BCUT2D eigenvalue weighted by Gasteiger charge is 2.15. The fourth-order valence-corrected chi connectivity index (χ4v) is 2.81. The van der Waals surface area contributed by atoms with Crippen molar-refractivity contribution in [2.75, 3.05) is 0 Å². The molecule has 2 heterocycles. The van der Waals surface area contributed by atoms with Crippen LogP contribution in [0.1, 0.15) is 23.0 Å². The molecule has 4 aromatic rings. The number of fused-ring (bicyclic) bond motifs is 2. The van der Waals surface area contributed by atoms with Gasteiger partial charge < -0.3 is 13.6 Å². The van der Waals surface area contributed by atoms with Crippen molar-refractivity contribution in [1.29, 1.82) is 0 Å². The van der Waals surface area contributed by atoms with Crippen LogP contribution in [0.3, 0.4) is 0 Å². The number of carbonyl (C=O) groups is 1. The van der Waals surface area contributed by atoms with E-state index < -0.39 is 11.6 Å². The number of carbonyl (C=O) groups excluding carboxylic acids is 1. The summed E-state index contributed by atoms with van der Waals surface area (Å²) in [7, 11) is 0. The van der Waals surface area contributed by atoms with Crippen LogP contribution in [0, 0.1) is 0 Å². The second-order valence-corrected chi connectivity index (χ2v) is 5.64. The maximum absolute atomic E-state index is 12.3. The lowest BCUT2D eigenvalue weighted by Gasteiger charge is -2.06. The average Bonchev–Trinajstić information content (AvgIpc) is 3.05. The second kappa shape index (κ2) is 5.94. The molecule has 0 N–H and O–H groups in total. The normalized spacial score (nSPS) is 11.1. The molecule has 0 saturated heterocycles. The lowest BCUT2D eigenvalue weighted by molar-refractivity contribution is 0.0704. The first-order valence-corrected chi connectivity index (χ1v) is 7.91. The van der Waals surface area contributed by atoms with E-state index in [0.717, 1.165) is 16.3 Å². The Labute approximate surface area is 142 Å². The monoisotopic (exact) mass is 334 g/mol. The van der Waals surface area contributed by atoms with Crippen LogP contribution >= 0.6 is 0 Å². The molecule has 0 spiro atoms. The summed E-state index contributed by atoms with van der Waals surface area (Å²) in [6.45, 7) is 1.96. The highest BCUT2D eigenvalue weighted by atomic mass is 16.5. The number of ether oxygens (including phenoxy) is 1. The molecule has 2 aromatic heterocycles. The van der Waals surface area contributed by atoms with Crippen LogP contribution in [0.2, 0.25) is 0 Å². The highest BCUT2D eigenvalue weighted by molar-refractivity contribution is 5.94. The third-order valence-electron chi connectivity index (χ3n) is 4.02. The first-order chi connectivity index (χ1) is 12.1. The largest absolute Gasteiger partial charge is 0.449 e. The number of aryl methyl sites for hydroxylation is 1. The van der Waals surface area contributed by atoms with E-state index in [0.29, 0.717) is 17.6 Å². The Balaban J connectivity index is 1.67. The molecule has 0 atom stereocenters. The predicted octanol–water partition coefficient (Wildman–Crippen LogP) is 4.32. The Morgan fingerprint density at radius 3 is 2.64 bits per heavy atom. The molecule has 0 saturated carbocycles. The topological polar surface area (TPSA) is 69.7 Å². The summed E-state index contributed by atoms with van der Waals surface area (Å²) >= 11 is 0. The third kappa shape index (κ3) is 2.80. The van der Waals surface area contributed by atoms with Gasteiger partial charge in [0.1, 0.15) is 16.9 Å². The molecule has 5 nitrogen and oxygen atoms in total. The van der Waals surface area contributed by atoms with Gasteiger partial charge in [0.2, 0.25) is 5.76 Å². The minimum Gasteiger partial charge on any atom is -0.449 e. The summed E-state index contributed by atoms with van der Waals surface area (Å²) in [6.07, 6.45) is 0.709. The van der Waals surface area contributed by atoms with E-state index in [-0.39, 0.29) is 11.5 Å². The van der Waals surface area contributed by atoms with E-state index in [4.69, 9.17) is 13.6 Å². The van der Waals surface area contributed by atoms with Crippen molar-refractivity contribution in [1.82, 2.24) is 0 Å². The summed E-state index contributed by atoms with van der Waals surface area (Å²) < 4.78 is 16.1. The molecule has 0 aliphatic rings. The van der Waals surface area contributed by atoms with Gasteiger partial charge in [0, 0.05) is 22.9 Å². The molecule has 25 heavy (non-hydrogen) atoms. The van der Waals surface area contributed by atoms with Crippen LogP contribution in [0.25, 0.3) is 21.9 Å². The van der Waals surface area contributed by atoms with Crippen molar-refractivity contribution in [2.24, 2.45) is 0 Å². The zero-order valence-electron chi connectivity index (χ0n) is 13.4. The number of furan rings is 1. The zero-order valence-corrected chi connectivity index (χ0v) is 13.4. The molecule has 0 amide bonds. The zero-order chi connectivity index (χ0) is 17.4. The lowest BCUT2D eigenvalue weighted by atomic mass is 10.1. The van der Waals surface area contributed by atoms with Gasteiger partial charge in [-0.25, -0.2) is 9.59 Å². The number of hydrogen-bond acceptors (Lipinski definition) is 5. The van der Waals surface area contributed by atoms with E-state index in [2.05, 4.69) is 0 Å². The van der Waals surface area contributed by atoms with Gasteiger partial charge in [-0.05, 0) is 36.2 Å². The van der Waals surface area contributed by atoms with Crippen LogP contribution in [0.4, 0.5) is 0 Å². The maximum atomic E-state index is 12.3. The molecule has 0 radical (unpaired) electrons. The number of para-hydroxylation sites is 1. The van der Waals surface area contributed by atoms with Gasteiger partial charge in [0.25, 0.3) is 0 Å². The van der Waals surface area contributed by atoms with Gasteiger partial charge in [0.05, 0.1) is 0 Å². The third-order valence-corrected chi connectivity index (χ3v) is 4.02. The molecular formula is C20H14O5. The number of hydrogen-bond donors (Lipinski definition) is 0. The Morgan fingerprint density at radius 1 is 1.00 bits per heavy atom. The Bertz CT molecular complexity index is 1120. The van der Waals surface area contributed by atoms with E-state index in [9.17, 15) is 9.59 Å². The first-order valence-electron chi connectivity index (χ1n) is 7.91. The molecule has 0 fully saturated rings. The minimum atomic E-state index is -0.607. The van der Waals surface area contributed by atoms with Crippen LogP contribution < -0.4 is 10.4 Å². The fraction of sp³-hybridized carbons (Fsp3) is 0.100. The molecule has 0 unspecified atom stereocenters. The van der Waals surface area contributed by atoms with Crippen molar-refractivity contribution < 1.29 is 18.4 Å². The summed E-state index contributed by atoms with van der Waals surface area (Å²) in [5.74, 6) is -0.205. The van der Waals surface area contributed by atoms with Crippen LogP contribution in [0.15, 0.2) is 68.2 Å². The van der Waals surface area contributed by atoms with Gasteiger partial charge in [-0.2, -0.15) is 0 Å². The van der Waals surface area contributed by atoms with E-state index in [1.165, 1.54) is 12.1 Å². The van der Waals surface area contributed by atoms with Crippen LogP contribution in [0.5, 0.6) is 5.75 Å². The Kier molecular flexibility index (Phi) is 3.61. The van der Waals surface area contributed by atoms with Crippen molar-refractivity contribution in [3.8, 4) is 5.75 Å². The van der Waals surface area contributed by atoms with E-state index >= 15 is 0 Å². The van der Waals surface area contributed by atoms with E-state index in [1.54, 1.807) is 24.3 Å². The standard InChI is InChI=1S/C20H14O5/c1-2-12-10-19(21)25-17-11-14(7-8-15(12)17)23-20(22)18-9-13-5-3-4-6-16(13)24-18/h3-11H,2H2,1H3. The van der Waals surface area contributed by atoms with Crippen molar-refractivity contribution in [2.45, 2.75) is 13.3 Å². The van der Waals surface area contributed by atoms with Gasteiger partial charge in [-0.3, -0.25) is 0 Å². The number of esters is 1. The molecule has 4 rings (SSSR count). The van der Waals surface area contributed by atoms with Gasteiger partial charge >= 0.3 is 11.6 Å². The first kappa shape index (κ1) is 15.2. The average molecular weight is 334 g/mol. The molecular weight excluding hydrogens is 320 g/mol. The maximum Gasteiger partial charge on any atom is 0.379 e. The van der Waals surface area contributed by atoms with Crippen molar-refractivity contribution >= 4 is 27.9 Å². The second-order valence-electron chi connectivity index (χ2n) is 5.64.